The molecule has 4 aliphatic carbocycles. The van der Waals surface area contributed by atoms with E-state index in [1.807, 2.05) is 0 Å². The van der Waals surface area contributed by atoms with Gasteiger partial charge in [0.05, 0.1) is 0 Å². The molecular formula is C35H66O2. The SMILES string of the molecule is CC(C)COCC(C)C.CC(CO)CCC[C@@H](C)[C@H]1CC[C@H]2[C@@H]3CCC4CCCC[C@]4(C)[C@H]3CC[C@]12C. The molecular weight excluding hydrogens is 452 g/mol. The van der Waals surface area contributed by atoms with Crippen molar-refractivity contribution < 1.29 is 9.84 Å². The Bertz CT molecular complexity index is 650. The van der Waals surface area contributed by atoms with Crippen LogP contribution in [-0.4, -0.2) is 24.9 Å². The Balaban J connectivity index is 0.000000364. The predicted octanol–water partition coefficient (Wildman–Crippen LogP) is 9.79. The minimum atomic E-state index is 0.362. The van der Waals surface area contributed by atoms with Crippen LogP contribution in [0.25, 0.3) is 0 Å². The minimum Gasteiger partial charge on any atom is -0.396 e. The van der Waals surface area contributed by atoms with E-state index in [2.05, 4.69) is 55.4 Å². The van der Waals surface area contributed by atoms with Crippen molar-refractivity contribution in [3.63, 3.8) is 0 Å². The second-order valence-electron chi connectivity index (χ2n) is 15.7. The van der Waals surface area contributed by atoms with Gasteiger partial charge in [-0.25, -0.2) is 0 Å². The molecule has 4 fully saturated rings. The summed E-state index contributed by atoms with van der Waals surface area (Å²) >= 11 is 0. The van der Waals surface area contributed by atoms with Crippen molar-refractivity contribution in [2.24, 2.45) is 64.1 Å². The molecule has 37 heavy (non-hydrogen) atoms. The summed E-state index contributed by atoms with van der Waals surface area (Å²) in [5.41, 5.74) is 1.31. The van der Waals surface area contributed by atoms with Crippen molar-refractivity contribution in [2.75, 3.05) is 19.8 Å². The monoisotopic (exact) mass is 519 g/mol. The highest BCUT2D eigenvalue weighted by atomic mass is 16.5. The number of fused-ring (bicyclic) bond motifs is 5. The lowest BCUT2D eigenvalue weighted by Gasteiger charge is -2.61. The number of rotatable bonds is 10. The molecule has 2 unspecified atom stereocenters. The van der Waals surface area contributed by atoms with Crippen LogP contribution in [0, 0.1) is 64.1 Å². The van der Waals surface area contributed by atoms with E-state index in [0.717, 1.165) is 48.7 Å². The zero-order chi connectivity index (χ0) is 27.2. The fourth-order valence-corrected chi connectivity index (χ4v) is 9.89. The first kappa shape index (κ1) is 31.4. The molecule has 0 spiro atoms. The van der Waals surface area contributed by atoms with Crippen LogP contribution >= 0.6 is 0 Å². The molecule has 2 nitrogen and oxygen atoms in total. The maximum absolute atomic E-state index is 9.32. The molecule has 0 aromatic rings. The van der Waals surface area contributed by atoms with Gasteiger partial charge in [-0.2, -0.15) is 0 Å². The van der Waals surface area contributed by atoms with Crippen molar-refractivity contribution >= 4 is 0 Å². The van der Waals surface area contributed by atoms with Gasteiger partial charge in [-0.15, -0.1) is 0 Å². The number of aliphatic hydroxyl groups excluding tert-OH is 1. The molecule has 1 N–H and O–H groups in total. The largest absolute Gasteiger partial charge is 0.396 e. The van der Waals surface area contributed by atoms with E-state index < -0.39 is 0 Å². The Hall–Kier alpha value is -0.0800. The van der Waals surface area contributed by atoms with Gasteiger partial charge in [0, 0.05) is 19.8 Å². The maximum atomic E-state index is 9.32. The van der Waals surface area contributed by atoms with Gasteiger partial charge in [0.1, 0.15) is 0 Å². The second-order valence-corrected chi connectivity index (χ2v) is 15.7. The van der Waals surface area contributed by atoms with E-state index >= 15 is 0 Å². The number of hydrogen-bond donors (Lipinski definition) is 1. The van der Waals surface area contributed by atoms with E-state index in [1.54, 1.807) is 12.8 Å². The first-order valence-corrected chi connectivity index (χ1v) is 16.7. The lowest BCUT2D eigenvalue weighted by Crippen LogP contribution is -2.53. The fourth-order valence-electron chi connectivity index (χ4n) is 9.89. The van der Waals surface area contributed by atoms with Gasteiger partial charge in [0.15, 0.2) is 0 Å². The lowest BCUT2D eigenvalue weighted by atomic mass is 9.44. The highest BCUT2D eigenvalue weighted by Crippen LogP contribution is 2.68. The average molecular weight is 519 g/mol. The first-order chi connectivity index (χ1) is 17.5. The van der Waals surface area contributed by atoms with Crippen LogP contribution < -0.4 is 0 Å². The van der Waals surface area contributed by atoms with Crippen molar-refractivity contribution in [3.05, 3.63) is 0 Å². The third-order valence-corrected chi connectivity index (χ3v) is 11.9. The summed E-state index contributed by atoms with van der Waals surface area (Å²) in [6, 6.07) is 0. The molecule has 4 saturated carbocycles. The molecule has 0 saturated heterocycles. The standard InChI is InChI=1S/C27H48O.C8H18O/c1-19(18-28)8-7-9-20(2)23-13-14-24-22-12-11-21-10-5-6-16-26(21,3)25(22)15-17-27(23,24)4;1-7(2)5-9-6-8(3)4/h19-25,28H,5-18H2,1-4H3;7-8H,5-6H2,1-4H3/t19?,20-,21?,22+,23-,24+,25+,26+,27-;/m1./s1. The Kier molecular flexibility index (Phi) is 11.9. The van der Waals surface area contributed by atoms with Crippen LogP contribution in [0.2, 0.25) is 0 Å². The zero-order valence-electron chi connectivity index (χ0n) is 26.4. The van der Waals surface area contributed by atoms with Gasteiger partial charge >= 0.3 is 0 Å². The number of ether oxygens (including phenoxy) is 1. The van der Waals surface area contributed by atoms with Crippen molar-refractivity contribution in [3.8, 4) is 0 Å². The van der Waals surface area contributed by atoms with Crippen molar-refractivity contribution in [2.45, 2.75) is 139 Å². The van der Waals surface area contributed by atoms with Gasteiger partial charge in [-0.05, 0) is 122 Å². The van der Waals surface area contributed by atoms with Crippen LogP contribution in [0.5, 0.6) is 0 Å². The van der Waals surface area contributed by atoms with Gasteiger partial charge < -0.3 is 9.84 Å². The van der Waals surface area contributed by atoms with Gasteiger partial charge in [0.25, 0.3) is 0 Å². The van der Waals surface area contributed by atoms with Crippen LogP contribution in [0.15, 0.2) is 0 Å². The highest BCUT2D eigenvalue weighted by molar-refractivity contribution is 5.09. The maximum Gasteiger partial charge on any atom is 0.0489 e. The zero-order valence-corrected chi connectivity index (χ0v) is 26.4. The lowest BCUT2D eigenvalue weighted by molar-refractivity contribution is -0.114. The van der Waals surface area contributed by atoms with E-state index in [4.69, 9.17) is 4.74 Å². The minimum absolute atomic E-state index is 0.362. The highest BCUT2D eigenvalue weighted by Gasteiger charge is 2.60. The van der Waals surface area contributed by atoms with Crippen LogP contribution in [0.3, 0.4) is 0 Å². The van der Waals surface area contributed by atoms with Gasteiger partial charge in [0.2, 0.25) is 0 Å². The molecule has 0 heterocycles. The van der Waals surface area contributed by atoms with Crippen molar-refractivity contribution in [1.29, 1.82) is 0 Å². The summed E-state index contributed by atoms with van der Waals surface area (Å²) in [6.07, 6.45) is 19.2. The molecule has 4 rings (SSSR count). The molecule has 0 aromatic carbocycles. The van der Waals surface area contributed by atoms with E-state index in [1.165, 1.54) is 70.6 Å². The molecule has 0 aromatic heterocycles. The predicted molar refractivity (Wildman–Crippen MR) is 160 cm³/mol. The third-order valence-electron chi connectivity index (χ3n) is 11.9. The summed E-state index contributed by atoms with van der Waals surface area (Å²) < 4.78 is 5.36. The molecule has 0 bridgehead atoms. The van der Waals surface area contributed by atoms with Crippen LogP contribution in [0.4, 0.5) is 0 Å². The van der Waals surface area contributed by atoms with Crippen LogP contribution in [0.1, 0.15) is 139 Å². The molecule has 0 aliphatic heterocycles. The van der Waals surface area contributed by atoms with Crippen molar-refractivity contribution in [1.82, 2.24) is 0 Å². The van der Waals surface area contributed by atoms with E-state index in [-0.39, 0.29) is 0 Å². The molecule has 0 amide bonds. The average Bonchev–Trinajstić information content (AvgIpc) is 3.20. The molecule has 9 atom stereocenters. The van der Waals surface area contributed by atoms with E-state index in [0.29, 0.717) is 35.2 Å². The summed E-state index contributed by atoms with van der Waals surface area (Å²) in [4.78, 5) is 0. The topological polar surface area (TPSA) is 29.5 Å². The second kappa shape index (κ2) is 14.0. The molecule has 218 valence electrons. The molecule has 4 aliphatic rings. The normalized spacial score (nSPS) is 38.8. The third kappa shape index (κ3) is 7.56. The summed E-state index contributed by atoms with van der Waals surface area (Å²) in [7, 11) is 0. The Morgan fingerprint density at radius 2 is 1.41 bits per heavy atom. The summed E-state index contributed by atoms with van der Waals surface area (Å²) in [5.74, 6) is 7.83. The van der Waals surface area contributed by atoms with E-state index in [9.17, 15) is 5.11 Å². The molecule has 2 heteroatoms. The smallest absolute Gasteiger partial charge is 0.0489 e. The first-order valence-electron chi connectivity index (χ1n) is 16.7. The fraction of sp³-hybridized carbons (Fsp3) is 1.00. The van der Waals surface area contributed by atoms with Crippen LogP contribution in [-0.2, 0) is 4.74 Å². The quantitative estimate of drug-likeness (QED) is 0.312. The Labute approximate surface area is 232 Å². The number of hydrogen-bond acceptors (Lipinski definition) is 2. The summed E-state index contributed by atoms with van der Waals surface area (Å²) in [6.45, 7) is 21.0. The Morgan fingerprint density at radius 1 is 0.730 bits per heavy atom. The Morgan fingerprint density at radius 3 is 2.05 bits per heavy atom. The summed E-state index contributed by atoms with van der Waals surface area (Å²) in [5, 5.41) is 9.32. The molecule has 0 radical (unpaired) electrons. The van der Waals surface area contributed by atoms with Gasteiger partial charge in [-0.3, -0.25) is 0 Å². The number of aliphatic hydroxyl groups is 1. The van der Waals surface area contributed by atoms with Gasteiger partial charge in [-0.1, -0.05) is 81.1 Å².